The van der Waals surface area contributed by atoms with Gasteiger partial charge in [0.25, 0.3) is 5.56 Å². The summed E-state index contributed by atoms with van der Waals surface area (Å²) in [7, 11) is 0. The van der Waals surface area contributed by atoms with Crippen molar-refractivity contribution in [2.75, 3.05) is 13.1 Å². The highest BCUT2D eigenvalue weighted by molar-refractivity contribution is 5.35. The number of fused-ring (bicyclic) bond motifs is 2. The quantitative estimate of drug-likeness (QED) is 0.291. The van der Waals surface area contributed by atoms with Crippen LogP contribution in [0.5, 0.6) is 5.75 Å². The van der Waals surface area contributed by atoms with Gasteiger partial charge in [-0.3, -0.25) is 18.8 Å². The summed E-state index contributed by atoms with van der Waals surface area (Å²) in [6.45, 7) is 0.421. The zero-order chi connectivity index (χ0) is 31.9. The lowest BCUT2D eigenvalue weighted by Crippen LogP contribution is -2.49. The van der Waals surface area contributed by atoms with Crippen molar-refractivity contribution in [3.63, 3.8) is 0 Å². The SMILES string of the molecule is N[C@@H](Cn1c(=O)c2c(n(Cc3c(F)cccc3C(F)(F)F)c1=O)COC21CCN(Cc2cccc(O)c2)CC1)c1ccccc1. The van der Waals surface area contributed by atoms with E-state index >= 15 is 0 Å². The number of phenolic OH excluding ortho intramolecular Hbond substituents is 1. The molecule has 0 aliphatic carbocycles. The Labute approximate surface area is 255 Å². The molecule has 1 spiro atoms. The molecule has 2 aliphatic rings. The number of alkyl halides is 3. The number of likely N-dealkylation sites (tertiary alicyclic amines) is 1. The number of phenols is 1. The molecule has 4 aromatic rings. The monoisotopic (exact) mass is 624 g/mol. The molecule has 236 valence electrons. The maximum absolute atomic E-state index is 15.0. The first kappa shape index (κ1) is 30.8. The van der Waals surface area contributed by atoms with Crippen LogP contribution < -0.4 is 17.0 Å². The van der Waals surface area contributed by atoms with Crippen molar-refractivity contribution in [1.82, 2.24) is 14.0 Å². The molecule has 8 nitrogen and oxygen atoms in total. The van der Waals surface area contributed by atoms with Gasteiger partial charge in [-0.2, -0.15) is 13.2 Å². The van der Waals surface area contributed by atoms with E-state index in [9.17, 15) is 32.3 Å². The maximum atomic E-state index is 15.0. The first-order chi connectivity index (χ1) is 21.5. The predicted octanol–water partition coefficient (Wildman–Crippen LogP) is 4.64. The zero-order valence-electron chi connectivity index (χ0n) is 24.3. The summed E-state index contributed by atoms with van der Waals surface area (Å²) >= 11 is 0. The van der Waals surface area contributed by atoms with Crippen LogP contribution in [0.1, 0.15) is 52.4 Å². The summed E-state index contributed by atoms with van der Waals surface area (Å²) in [5.74, 6) is -0.956. The van der Waals surface area contributed by atoms with Gasteiger partial charge in [-0.25, -0.2) is 9.18 Å². The van der Waals surface area contributed by atoms with E-state index in [0.29, 0.717) is 38.0 Å². The number of nitrogens with two attached hydrogens (primary N) is 1. The molecule has 3 heterocycles. The van der Waals surface area contributed by atoms with Gasteiger partial charge in [0, 0.05) is 31.2 Å². The van der Waals surface area contributed by atoms with E-state index in [-0.39, 0.29) is 30.2 Å². The number of hydrogen-bond donors (Lipinski definition) is 2. The number of nitrogens with zero attached hydrogens (tertiary/aromatic N) is 3. The molecule has 1 fully saturated rings. The number of hydrogen-bond acceptors (Lipinski definition) is 6. The molecule has 0 amide bonds. The average molecular weight is 625 g/mol. The number of piperidine rings is 1. The second kappa shape index (κ2) is 11.9. The molecule has 0 radical (unpaired) electrons. The fourth-order valence-electron chi connectivity index (χ4n) is 6.48. The predicted molar refractivity (Wildman–Crippen MR) is 158 cm³/mol. The minimum atomic E-state index is -4.87. The van der Waals surface area contributed by atoms with Gasteiger partial charge in [-0.1, -0.05) is 48.5 Å². The van der Waals surface area contributed by atoms with Crippen molar-refractivity contribution in [3.05, 3.63) is 133 Å². The van der Waals surface area contributed by atoms with Crippen molar-refractivity contribution in [2.24, 2.45) is 5.73 Å². The Hall–Kier alpha value is -4.26. The first-order valence-electron chi connectivity index (χ1n) is 14.6. The zero-order valence-corrected chi connectivity index (χ0v) is 24.3. The van der Waals surface area contributed by atoms with Crippen LogP contribution >= 0.6 is 0 Å². The lowest BCUT2D eigenvalue weighted by Gasteiger charge is -2.39. The van der Waals surface area contributed by atoms with Gasteiger partial charge in [0.15, 0.2) is 0 Å². The van der Waals surface area contributed by atoms with Crippen LogP contribution in [-0.4, -0.2) is 32.2 Å². The number of ether oxygens (including phenoxy) is 1. The average Bonchev–Trinajstić information content (AvgIpc) is 3.37. The van der Waals surface area contributed by atoms with Crippen molar-refractivity contribution in [3.8, 4) is 5.75 Å². The smallest absolute Gasteiger partial charge is 0.416 e. The number of aromatic nitrogens is 2. The van der Waals surface area contributed by atoms with Gasteiger partial charge >= 0.3 is 11.9 Å². The normalized spacial score (nSPS) is 17.0. The third kappa shape index (κ3) is 5.92. The minimum Gasteiger partial charge on any atom is -0.508 e. The van der Waals surface area contributed by atoms with Gasteiger partial charge in [0.05, 0.1) is 36.5 Å². The molecule has 12 heteroatoms. The van der Waals surface area contributed by atoms with Crippen LogP contribution in [0.15, 0.2) is 82.4 Å². The van der Waals surface area contributed by atoms with Crippen molar-refractivity contribution in [2.45, 2.75) is 56.9 Å². The van der Waals surface area contributed by atoms with E-state index in [2.05, 4.69) is 4.90 Å². The molecular formula is C33H32F4N4O4. The fraction of sp³-hybridized carbons (Fsp3) is 0.333. The first-order valence-corrected chi connectivity index (χ1v) is 14.6. The van der Waals surface area contributed by atoms with E-state index in [1.54, 1.807) is 48.5 Å². The van der Waals surface area contributed by atoms with E-state index in [4.69, 9.17) is 10.5 Å². The summed E-state index contributed by atoms with van der Waals surface area (Å²) in [6, 6.07) is 17.6. The number of halogens is 4. The van der Waals surface area contributed by atoms with Gasteiger partial charge in [-0.05, 0) is 48.2 Å². The molecule has 1 saturated heterocycles. The van der Waals surface area contributed by atoms with Gasteiger partial charge in [0.1, 0.15) is 17.2 Å². The number of rotatable bonds is 7. The summed E-state index contributed by atoms with van der Waals surface area (Å²) in [4.78, 5) is 30.2. The maximum Gasteiger partial charge on any atom is 0.416 e. The largest absolute Gasteiger partial charge is 0.508 e. The summed E-state index contributed by atoms with van der Waals surface area (Å²) < 4.78 is 65.1. The molecule has 3 N–H and O–H groups in total. The Bertz CT molecular complexity index is 1830. The molecule has 2 aliphatic heterocycles. The van der Waals surface area contributed by atoms with Crippen LogP contribution in [0.3, 0.4) is 0 Å². The molecule has 0 bridgehead atoms. The minimum absolute atomic E-state index is 0.146. The van der Waals surface area contributed by atoms with Crippen molar-refractivity contribution >= 4 is 0 Å². The van der Waals surface area contributed by atoms with E-state index in [1.165, 1.54) is 0 Å². The van der Waals surface area contributed by atoms with Crippen molar-refractivity contribution < 1.29 is 27.4 Å². The number of benzene rings is 3. The van der Waals surface area contributed by atoms with Gasteiger partial charge in [0.2, 0.25) is 0 Å². The molecule has 0 unspecified atom stereocenters. The molecule has 6 rings (SSSR count). The van der Waals surface area contributed by atoms with Crippen LogP contribution in [0.25, 0.3) is 0 Å². The Morgan fingerprint density at radius 1 is 0.933 bits per heavy atom. The van der Waals surface area contributed by atoms with Gasteiger partial charge in [-0.15, -0.1) is 0 Å². The third-order valence-corrected chi connectivity index (χ3v) is 8.80. The molecule has 0 saturated carbocycles. The Morgan fingerprint density at radius 2 is 1.64 bits per heavy atom. The Balaban J connectivity index is 1.42. The summed E-state index contributed by atoms with van der Waals surface area (Å²) in [5.41, 5.74) is 3.86. The second-order valence-electron chi connectivity index (χ2n) is 11.6. The van der Waals surface area contributed by atoms with E-state index < -0.39 is 52.6 Å². The van der Waals surface area contributed by atoms with Crippen LogP contribution in [-0.2, 0) is 42.8 Å². The van der Waals surface area contributed by atoms with E-state index in [1.807, 2.05) is 6.07 Å². The highest BCUT2D eigenvalue weighted by Crippen LogP contribution is 2.43. The van der Waals surface area contributed by atoms with Crippen molar-refractivity contribution in [1.29, 1.82) is 0 Å². The van der Waals surface area contributed by atoms with Crippen LogP contribution in [0, 0.1) is 5.82 Å². The standard InChI is InChI=1S/C33H32F4N4O4/c34-26-11-5-10-25(33(35,36)37)24(26)18-40-28-20-45-32(12-14-39(15-13-32)17-21-6-4-9-23(42)16-21)29(28)30(43)41(31(40)44)19-27(38)22-7-2-1-3-8-22/h1-11,16,27,42H,12-15,17-20,38H2/t27-/m0/s1. The third-order valence-electron chi connectivity index (χ3n) is 8.80. The van der Waals surface area contributed by atoms with Gasteiger partial charge < -0.3 is 15.6 Å². The molecule has 45 heavy (non-hydrogen) atoms. The lowest BCUT2D eigenvalue weighted by molar-refractivity contribution is -0.138. The lowest BCUT2D eigenvalue weighted by atomic mass is 9.85. The fourth-order valence-corrected chi connectivity index (χ4v) is 6.48. The molecule has 3 aromatic carbocycles. The van der Waals surface area contributed by atoms with Crippen LogP contribution in [0.4, 0.5) is 17.6 Å². The molecule has 1 aromatic heterocycles. The number of aromatic hydroxyl groups is 1. The Morgan fingerprint density at radius 3 is 2.33 bits per heavy atom. The Kier molecular flexibility index (Phi) is 8.14. The molecular weight excluding hydrogens is 592 g/mol. The summed E-state index contributed by atoms with van der Waals surface area (Å²) in [6.07, 6.45) is -4.11. The summed E-state index contributed by atoms with van der Waals surface area (Å²) in [5, 5.41) is 9.85. The van der Waals surface area contributed by atoms with E-state index in [0.717, 1.165) is 32.9 Å². The second-order valence-corrected chi connectivity index (χ2v) is 11.6. The van der Waals surface area contributed by atoms with Crippen LogP contribution in [0.2, 0.25) is 0 Å². The molecule has 1 atom stereocenters. The topological polar surface area (TPSA) is 103 Å². The highest BCUT2D eigenvalue weighted by atomic mass is 19.4. The highest BCUT2D eigenvalue weighted by Gasteiger charge is 2.47.